The number of carbonyl (C=O) groups excluding carboxylic acids is 2. The summed E-state index contributed by atoms with van der Waals surface area (Å²) >= 11 is 0. The Morgan fingerprint density at radius 3 is 2.80 bits per heavy atom. The van der Waals surface area contributed by atoms with Gasteiger partial charge in [0.15, 0.2) is 0 Å². The Labute approximate surface area is 148 Å². The monoisotopic (exact) mass is 346 g/mol. The maximum absolute atomic E-state index is 12.4. The molecule has 4 aliphatic rings. The molecule has 2 saturated carbocycles. The van der Waals surface area contributed by atoms with Crippen molar-refractivity contribution >= 4 is 11.9 Å². The van der Waals surface area contributed by atoms with Gasteiger partial charge in [0.05, 0.1) is 5.92 Å². The molecular formula is C20H26O5. The summed E-state index contributed by atoms with van der Waals surface area (Å²) in [5.41, 5.74) is 1.28. The number of allylic oxidation sites excluding steroid dienone is 1. The van der Waals surface area contributed by atoms with Crippen LogP contribution in [0.1, 0.15) is 40.5 Å². The SMILES string of the molecule is C=C1[C@H]2O[C@H]2[C@@H](OC(=O)C(C)=CC)[C@]2(C)CC[C@@H]3[C@H](OC(=O)[C@H]3C)[C@@H]12. The third-order valence-electron chi connectivity index (χ3n) is 6.97. The second kappa shape index (κ2) is 5.44. The van der Waals surface area contributed by atoms with Crippen LogP contribution < -0.4 is 0 Å². The highest BCUT2D eigenvalue weighted by atomic mass is 16.6. The minimum absolute atomic E-state index is 0.0207. The highest BCUT2D eigenvalue weighted by Gasteiger charge is 2.69. The molecule has 0 bridgehead atoms. The molecule has 0 spiro atoms. The number of epoxide rings is 1. The van der Waals surface area contributed by atoms with Crippen molar-refractivity contribution in [3.8, 4) is 0 Å². The Morgan fingerprint density at radius 1 is 1.40 bits per heavy atom. The van der Waals surface area contributed by atoms with Gasteiger partial charge in [0.1, 0.15) is 24.4 Å². The van der Waals surface area contributed by atoms with Crippen LogP contribution >= 0.6 is 0 Å². The van der Waals surface area contributed by atoms with Gasteiger partial charge in [0.2, 0.25) is 0 Å². The van der Waals surface area contributed by atoms with Crippen LogP contribution in [0.4, 0.5) is 0 Å². The van der Waals surface area contributed by atoms with E-state index in [0.29, 0.717) is 5.57 Å². The first-order valence-electron chi connectivity index (χ1n) is 9.18. The predicted molar refractivity (Wildman–Crippen MR) is 90.5 cm³/mol. The quantitative estimate of drug-likeness (QED) is 0.333. The van der Waals surface area contributed by atoms with E-state index < -0.39 is 0 Å². The van der Waals surface area contributed by atoms with E-state index in [0.717, 1.165) is 18.4 Å². The summed E-state index contributed by atoms with van der Waals surface area (Å²) in [6, 6.07) is 0. The van der Waals surface area contributed by atoms with E-state index in [1.54, 1.807) is 13.0 Å². The normalized spacial score (nSPS) is 48.2. The average molecular weight is 346 g/mol. The van der Waals surface area contributed by atoms with E-state index in [4.69, 9.17) is 14.2 Å². The number of carbonyl (C=O) groups is 2. The maximum Gasteiger partial charge on any atom is 0.333 e. The van der Waals surface area contributed by atoms with Crippen LogP contribution in [0.5, 0.6) is 0 Å². The second-order valence-corrected chi connectivity index (χ2v) is 8.27. The van der Waals surface area contributed by atoms with Crippen LogP contribution in [0.25, 0.3) is 0 Å². The average Bonchev–Trinajstić information content (AvgIpc) is 3.32. The number of rotatable bonds is 2. The molecule has 0 N–H and O–H groups in total. The number of hydrogen-bond acceptors (Lipinski definition) is 5. The third-order valence-corrected chi connectivity index (χ3v) is 6.97. The summed E-state index contributed by atoms with van der Waals surface area (Å²) < 4.78 is 17.5. The van der Waals surface area contributed by atoms with Gasteiger partial charge < -0.3 is 14.2 Å². The molecule has 4 fully saturated rings. The van der Waals surface area contributed by atoms with E-state index in [1.807, 2.05) is 13.8 Å². The summed E-state index contributed by atoms with van der Waals surface area (Å²) in [6.45, 7) is 11.9. The first-order chi connectivity index (χ1) is 11.8. The van der Waals surface area contributed by atoms with Gasteiger partial charge >= 0.3 is 11.9 Å². The van der Waals surface area contributed by atoms with Gasteiger partial charge in [0.25, 0.3) is 0 Å². The van der Waals surface area contributed by atoms with Crippen molar-refractivity contribution in [2.75, 3.05) is 0 Å². The molecule has 0 unspecified atom stereocenters. The third kappa shape index (κ3) is 2.24. The van der Waals surface area contributed by atoms with Gasteiger partial charge in [-0.25, -0.2) is 4.79 Å². The van der Waals surface area contributed by atoms with E-state index in [2.05, 4.69) is 13.5 Å². The van der Waals surface area contributed by atoms with Crippen molar-refractivity contribution in [3.05, 3.63) is 23.8 Å². The van der Waals surface area contributed by atoms with Gasteiger partial charge in [-0.2, -0.15) is 0 Å². The Bertz CT molecular complexity index is 680. The largest absolute Gasteiger partial charge is 0.461 e. The molecule has 2 aliphatic heterocycles. The van der Waals surface area contributed by atoms with E-state index in [-0.39, 0.29) is 59.5 Å². The molecule has 2 aliphatic carbocycles. The molecule has 2 saturated heterocycles. The van der Waals surface area contributed by atoms with Crippen LogP contribution in [0.3, 0.4) is 0 Å². The van der Waals surface area contributed by atoms with Crippen LogP contribution in [-0.4, -0.2) is 36.4 Å². The zero-order chi connectivity index (χ0) is 18.1. The molecule has 4 rings (SSSR count). The van der Waals surface area contributed by atoms with Crippen molar-refractivity contribution < 1.29 is 23.8 Å². The molecular weight excluding hydrogens is 320 g/mol. The topological polar surface area (TPSA) is 65.1 Å². The van der Waals surface area contributed by atoms with Crippen LogP contribution in [0.2, 0.25) is 0 Å². The number of esters is 2. The summed E-state index contributed by atoms with van der Waals surface area (Å²) in [4.78, 5) is 24.5. The Balaban J connectivity index is 1.67. The van der Waals surface area contributed by atoms with E-state index in [9.17, 15) is 9.59 Å². The van der Waals surface area contributed by atoms with E-state index in [1.165, 1.54) is 0 Å². The number of hydrogen-bond donors (Lipinski definition) is 0. The second-order valence-electron chi connectivity index (χ2n) is 8.27. The van der Waals surface area contributed by atoms with Crippen molar-refractivity contribution in [1.29, 1.82) is 0 Å². The summed E-state index contributed by atoms with van der Waals surface area (Å²) in [7, 11) is 0. The molecule has 0 aromatic rings. The first kappa shape index (κ1) is 16.8. The maximum atomic E-state index is 12.4. The molecule has 136 valence electrons. The van der Waals surface area contributed by atoms with Gasteiger partial charge in [-0.15, -0.1) is 0 Å². The minimum atomic E-state index is -0.328. The molecule has 0 aromatic carbocycles. The minimum Gasteiger partial charge on any atom is -0.461 e. The lowest BCUT2D eigenvalue weighted by molar-refractivity contribution is -0.168. The number of fused-ring (bicyclic) bond motifs is 4. The fraction of sp³-hybridized carbons (Fsp3) is 0.700. The molecule has 8 atom stereocenters. The van der Waals surface area contributed by atoms with Crippen molar-refractivity contribution in [1.82, 2.24) is 0 Å². The van der Waals surface area contributed by atoms with Crippen molar-refractivity contribution in [3.63, 3.8) is 0 Å². The van der Waals surface area contributed by atoms with Crippen LogP contribution in [-0.2, 0) is 23.8 Å². The van der Waals surface area contributed by atoms with Crippen LogP contribution in [0, 0.1) is 23.2 Å². The van der Waals surface area contributed by atoms with Gasteiger partial charge in [-0.05, 0) is 32.3 Å². The fourth-order valence-electron chi connectivity index (χ4n) is 5.21. The molecule has 0 radical (unpaired) electrons. The number of ether oxygens (including phenoxy) is 3. The van der Waals surface area contributed by atoms with Crippen molar-refractivity contribution in [2.45, 2.75) is 65.0 Å². The zero-order valence-electron chi connectivity index (χ0n) is 15.3. The lowest BCUT2D eigenvalue weighted by Gasteiger charge is -2.52. The molecule has 25 heavy (non-hydrogen) atoms. The standard InChI is InChI=1S/C20H26O5/c1-6-9(2)18(21)25-17-16-14(23-16)11(4)13-15-12(7-8-20(13,17)5)10(3)19(22)24-15/h6,10,12-17H,4,7-8H2,1-3,5H3/t10-,12-,13+,14+,15-,16+,17+,20+/m0/s1. The predicted octanol–water partition coefficient (Wildman–Crippen LogP) is 2.80. The lowest BCUT2D eigenvalue weighted by Crippen LogP contribution is -2.57. The zero-order valence-corrected chi connectivity index (χ0v) is 15.3. The fourth-order valence-corrected chi connectivity index (χ4v) is 5.21. The Kier molecular flexibility index (Phi) is 3.66. The van der Waals surface area contributed by atoms with Gasteiger partial charge in [0, 0.05) is 22.8 Å². The molecule has 2 heterocycles. The Morgan fingerprint density at radius 2 is 2.12 bits per heavy atom. The highest BCUT2D eigenvalue weighted by molar-refractivity contribution is 5.87. The molecule has 0 aromatic heterocycles. The highest BCUT2D eigenvalue weighted by Crippen LogP contribution is 2.62. The summed E-state index contributed by atoms with van der Waals surface area (Å²) in [6.07, 6.45) is 2.81. The molecule has 5 heteroatoms. The molecule has 5 nitrogen and oxygen atoms in total. The molecule has 0 amide bonds. The van der Waals surface area contributed by atoms with Crippen molar-refractivity contribution in [2.24, 2.45) is 23.2 Å². The van der Waals surface area contributed by atoms with Gasteiger partial charge in [-0.1, -0.05) is 26.5 Å². The summed E-state index contributed by atoms with van der Waals surface area (Å²) in [5, 5.41) is 0. The first-order valence-corrected chi connectivity index (χ1v) is 9.18. The van der Waals surface area contributed by atoms with E-state index >= 15 is 0 Å². The van der Waals surface area contributed by atoms with Gasteiger partial charge in [-0.3, -0.25) is 4.79 Å². The smallest absolute Gasteiger partial charge is 0.333 e. The Hall–Kier alpha value is -1.62. The lowest BCUT2D eigenvalue weighted by atomic mass is 9.54. The summed E-state index contributed by atoms with van der Waals surface area (Å²) in [5.74, 6) is -0.303. The van der Waals surface area contributed by atoms with Crippen LogP contribution in [0.15, 0.2) is 23.8 Å².